The van der Waals surface area contributed by atoms with Crippen molar-refractivity contribution in [2.45, 2.75) is 6.61 Å². The molecule has 3 rings (SSSR count). The van der Waals surface area contributed by atoms with Crippen LogP contribution in [-0.2, 0) is 6.61 Å². The molecule has 0 radical (unpaired) electrons. The highest BCUT2D eigenvalue weighted by Crippen LogP contribution is 2.27. The molecule has 0 fully saturated rings. The molecule has 5 nitrogen and oxygen atoms in total. The van der Waals surface area contributed by atoms with Crippen LogP contribution in [0.15, 0.2) is 60.7 Å². The van der Waals surface area contributed by atoms with E-state index in [0.29, 0.717) is 22.4 Å². The monoisotopic (exact) mass is 426 g/mol. The first-order chi connectivity index (χ1) is 14.9. The second-order valence-corrected chi connectivity index (χ2v) is 6.52. The molecule has 3 aromatic rings. The largest absolute Gasteiger partial charge is 0.504 e. The van der Waals surface area contributed by atoms with Gasteiger partial charge in [-0.05, 0) is 54.1 Å². The van der Waals surface area contributed by atoms with Crippen LogP contribution < -0.4 is 14.2 Å². The van der Waals surface area contributed by atoms with Crippen molar-refractivity contribution in [3.05, 3.63) is 89.0 Å². The van der Waals surface area contributed by atoms with Crippen molar-refractivity contribution in [1.82, 2.24) is 0 Å². The number of aromatic hydroxyl groups is 1. The lowest BCUT2D eigenvalue weighted by atomic mass is 10.1. The Morgan fingerprint density at radius 1 is 0.935 bits per heavy atom. The molecule has 0 aliphatic rings. The number of rotatable bonds is 8. The molecule has 0 aliphatic carbocycles. The maximum absolute atomic E-state index is 13.8. The normalized spacial score (nSPS) is 10.8. The van der Waals surface area contributed by atoms with Crippen molar-refractivity contribution >= 4 is 11.9 Å². The molecule has 0 aromatic heterocycles. The van der Waals surface area contributed by atoms with E-state index in [1.807, 2.05) is 0 Å². The molecule has 7 heteroatoms. The van der Waals surface area contributed by atoms with Gasteiger partial charge in [-0.1, -0.05) is 12.1 Å². The molecular formula is C24H20F2O5. The van der Waals surface area contributed by atoms with E-state index in [2.05, 4.69) is 0 Å². The van der Waals surface area contributed by atoms with Crippen LogP contribution in [-0.4, -0.2) is 25.1 Å². The first-order valence-corrected chi connectivity index (χ1v) is 9.25. The molecule has 0 amide bonds. The first-order valence-electron chi connectivity index (χ1n) is 9.25. The van der Waals surface area contributed by atoms with Gasteiger partial charge in [0.25, 0.3) is 0 Å². The summed E-state index contributed by atoms with van der Waals surface area (Å²) in [6, 6.07) is 12.6. The third-order valence-corrected chi connectivity index (χ3v) is 4.47. The molecule has 0 aliphatic heterocycles. The molecule has 160 valence electrons. The zero-order valence-corrected chi connectivity index (χ0v) is 16.9. The molecule has 0 bridgehead atoms. The van der Waals surface area contributed by atoms with Crippen LogP contribution in [0.5, 0.6) is 23.0 Å². The van der Waals surface area contributed by atoms with Crippen LogP contribution in [0.25, 0.3) is 6.08 Å². The van der Waals surface area contributed by atoms with Crippen LogP contribution in [0.3, 0.4) is 0 Å². The maximum Gasteiger partial charge on any atom is 0.185 e. The molecule has 0 saturated heterocycles. The molecular weight excluding hydrogens is 406 g/mol. The topological polar surface area (TPSA) is 65.0 Å². The van der Waals surface area contributed by atoms with Crippen LogP contribution in [0, 0.1) is 11.6 Å². The number of allylic oxidation sites excluding steroid dienone is 1. The smallest absolute Gasteiger partial charge is 0.185 e. The Labute approximate surface area is 178 Å². The van der Waals surface area contributed by atoms with Crippen LogP contribution >= 0.6 is 0 Å². The molecule has 0 saturated carbocycles. The summed E-state index contributed by atoms with van der Waals surface area (Å²) in [5.74, 6) is -1.18. The van der Waals surface area contributed by atoms with Crippen molar-refractivity contribution in [3.8, 4) is 23.0 Å². The number of methoxy groups -OCH3 is 2. The summed E-state index contributed by atoms with van der Waals surface area (Å²) in [5.41, 5.74) is 1.67. The second-order valence-electron chi connectivity index (χ2n) is 6.52. The summed E-state index contributed by atoms with van der Waals surface area (Å²) in [6.45, 7) is -0.0173. The van der Waals surface area contributed by atoms with Gasteiger partial charge in [-0.25, -0.2) is 8.78 Å². The van der Waals surface area contributed by atoms with Gasteiger partial charge >= 0.3 is 0 Å². The quantitative estimate of drug-likeness (QED) is 0.398. The molecule has 0 atom stereocenters. The molecule has 31 heavy (non-hydrogen) atoms. The average Bonchev–Trinajstić information content (AvgIpc) is 2.77. The zero-order chi connectivity index (χ0) is 22.4. The van der Waals surface area contributed by atoms with Crippen molar-refractivity contribution < 1.29 is 32.9 Å². The highest BCUT2D eigenvalue weighted by molar-refractivity contribution is 6.07. The fraction of sp³-hybridized carbons (Fsp3) is 0.125. The van der Waals surface area contributed by atoms with Gasteiger partial charge in [-0.2, -0.15) is 0 Å². The second kappa shape index (κ2) is 9.75. The van der Waals surface area contributed by atoms with Gasteiger partial charge in [-0.3, -0.25) is 4.79 Å². The van der Waals surface area contributed by atoms with Crippen molar-refractivity contribution in [2.24, 2.45) is 0 Å². The molecule has 0 heterocycles. The fourth-order valence-electron chi connectivity index (χ4n) is 2.86. The molecule has 1 N–H and O–H groups in total. The molecule has 0 spiro atoms. The van der Waals surface area contributed by atoms with Crippen LogP contribution in [0.2, 0.25) is 0 Å². The molecule has 3 aromatic carbocycles. The Morgan fingerprint density at radius 2 is 1.68 bits per heavy atom. The Morgan fingerprint density at radius 3 is 2.39 bits per heavy atom. The van der Waals surface area contributed by atoms with Crippen molar-refractivity contribution in [3.63, 3.8) is 0 Å². The minimum Gasteiger partial charge on any atom is -0.504 e. The predicted molar refractivity (Wildman–Crippen MR) is 112 cm³/mol. The summed E-state index contributed by atoms with van der Waals surface area (Å²) < 4.78 is 42.6. The van der Waals surface area contributed by atoms with E-state index in [0.717, 1.165) is 12.1 Å². The van der Waals surface area contributed by atoms with Gasteiger partial charge in [0.05, 0.1) is 14.2 Å². The third kappa shape index (κ3) is 5.39. The van der Waals surface area contributed by atoms with Gasteiger partial charge in [0.2, 0.25) is 0 Å². The number of ether oxygens (including phenoxy) is 3. The number of hydrogen-bond acceptors (Lipinski definition) is 5. The standard InChI is InChI=1S/C24H20F2O5/c1-29-22-9-4-15(3-7-20(27)16-5-8-21(28)24(12-16)30-2)11-17(22)14-31-23-10-6-18(25)13-19(23)26/h3-13,28H,14H2,1-2H3/b7-3+. The zero-order valence-electron chi connectivity index (χ0n) is 16.9. The van der Waals surface area contributed by atoms with Gasteiger partial charge in [0.1, 0.15) is 18.2 Å². The fourth-order valence-corrected chi connectivity index (χ4v) is 2.86. The van der Waals surface area contributed by atoms with Crippen molar-refractivity contribution in [2.75, 3.05) is 14.2 Å². The van der Waals surface area contributed by atoms with Crippen LogP contribution in [0.4, 0.5) is 8.78 Å². The lowest BCUT2D eigenvalue weighted by molar-refractivity contribution is 0.104. The SMILES string of the molecule is COc1cc(C(=O)/C=C/c2ccc(OC)c(COc3ccc(F)cc3F)c2)ccc1O. The number of carbonyl (C=O) groups is 1. The van der Waals surface area contributed by atoms with Gasteiger partial charge < -0.3 is 19.3 Å². The summed E-state index contributed by atoms with van der Waals surface area (Å²) in [4.78, 5) is 12.4. The Bertz CT molecular complexity index is 1120. The van der Waals surface area contributed by atoms with E-state index in [1.54, 1.807) is 24.3 Å². The lowest BCUT2D eigenvalue weighted by Gasteiger charge is -2.12. The van der Waals surface area contributed by atoms with E-state index in [-0.39, 0.29) is 29.6 Å². The number of ketones is 1. The minimum atomic E-state index is -0.801. The Balaban J connectivity index is 1.77. The number of halogens is 2. The number of benzene rings is 3. The van der Waals surface area contributed by atoms with E-state index in [1.165, 1.54) is 44.6 Å². The number of phenolic OH excluding ortho intramolecular Hbond substituents is 1. The highest BCUT2D eigenvalue weighted by Gasteiger charge is 2.10. The van der Waals surface area contributed by atoms with Gasteiger partial charge in [0, 0.05) is 17.2 Å². The van der Waals surface area contributed by atoms with E-state index in [9.17, 15) is 18.7 Å². The lowest BCUT2D eigenvalue weighted by Crippen LogP contribution is -2.01. The number of hydrogen-bond donors (Lipinski definition) is 1. The first kappa shape index (κ1) is 21.8. The third-order valence-electron chi connectivity index (χ3n) is 4.47. The highest BCUT2D eigenvalue weighted by atomic mass is 19.1. The Hall–Kier alpha value is -3.87. The van der Waals surface area contributed by atoms with Crippen LogP contribution in [0.1, 0.15) is 21.5 Å². The Kier molecular flexibility index (Phi) is 6.87. The van der Waals surface area contributed by atoms with E-state index >= 15 is 0 Å². The minimum absolute atomic E-state index is 0.0173. The van der Waals surface area contributed by atoms with Gasteiger partial charge in [-0.15, -0.1) is 0 Å². The number of phenols is 1. The summed E-state index contributed by atoms with van der Waals surface area (Å²) in [5, 5.41) is 9.65. The molecule has 0 unspecified atom stereocenters. The predicted octanol–water partition coefficient (Wildman–Crippen LogP) is 5.16. The average molecular weight is 426 g/mol. The summed E-state index contributed by atoms with van der Waals surface area (Å²) in [7, 11) is 2.90. The van der Waals surface area contributed by atoms with E-state index in [4.69, 9.17) is 14.2 Å². The van der Waals surface area contributed by atoms with Crippen molar-refractivity contribution in [1.29, 1.82) is 0 Å². The summed E-state index contributed by atoms with van der Waals surface area (Å²) in [6.07, 6.45) is 3.00. The van der Waals surface area contributed by atoms with E-state index < -0.39 is 11.6 Å². The summed E-state index contributed by atoms with van der Waals surface area (Å²) >= 11 is 0. The maximum atomic E-state index is 13.8. The van der Waals surface area contributed by atoms with Gasteiger partial charge in [0.15, 0.2) is 28.8 Å². The number of carbonyl (C=O) groups excluding carboxylic acids is 1.